The lowest BCUT2D eigenvalue weighted by atomic mass is 10.1. The molecule has 7 heteroatoms. The second-order valence-corrected chi connectivity index (χ2v) is 8.03. The van der Waals surface area contributed by atoms with Gasteiger partial charge in [-0.3, -0.25) is 19.3 Å². The Hall–Kier alpha value is -4.00. The summed E-state index contributed by atoms with van der Waals surface area (Å²) in [6, 6.07) is 17.4. The third-order valence-corrected chi connectivity index (χ3v) is 5.15. The minimum Gasteiger partial charge on any atom is -0.452 e. The van der Waals surface area contributed by atoms with E-state index < -0.39 is 24.4 Å². The molecule has 3 aromatic rings. The number of anilines is 1. The zero-order chi connectivity index (χ0) is 22.8. The molecule has 4 rings (SSSR count). The molecule has 0 saturated heterocycles. The number of fused-ring (bicyclic) bond motifs is 2. The van der Waals surface area contributed by atoms with Crippen LogP contribution in [0.15, 0.2) is 60.7 Å². The van der Waals surface area contributed by atoms with Gasteiger partial charge in [0.2, 0.25) is 0 Å². The standard InChI is InChI=1S/C25H22N2O5/c1-15(2)13-27-23(29)19-11-10-17(12-20(19)24(27)30)25(31)32-14-22(28)26-21-9-5-7-16-6-3-4-8-18(16)21/h3-12,15H,13-14H2,1-2H3,(H,26,28). The molecule has 0 bridgehead atoms. The third kappa shape index (κ3) is 4.09. The lowest BCUT2D eigenvalue weighted by Crippen LogP contribution is -2.33. The summed E-state index contributed by atoms with van der Waals surface area (Å²) in [5, 5.41) is 4.60. The first-order valence-corrected chi connectivity index (χ1v) is 10.3. The molecule has 32 heavy (non-hydrogen) atoms. The number of nitrogens with one attached hydrogen (secondary N) is 1. The van der Waals surface area contributed by atoms with Crippen LogP contribution in [0, 0.1) is 5.92 Å². The van der Waals surface area contributed by atoms with Crippen molar-refractivity contribution < 1.29 is 23.9 Å². The highest BCUT2D eigenvalue weighted by Gasteiger charge is 2.36. The van der Waals surface area contributed by atoms with E-state index in [1.54, 1.807) is 6.07 Å². The summed E-state index contributed by atoms with van der Waals surface area (Å²) in [4.78, 5) is 51.0. The number of rotatable bonds is 6. The predicted octanol–water partition coefficient (Wildman–Crippen LogP) is 3.89. The van der Waals surface area contributed by atoms with E-state index in [-0.39, 0.29) is 28.5 Å². The van der Waals surface area contributed by atoms with Crippen molar-refractivity contribution >= 4 is 40.2 Å². The molecule has 0 aliphatic carbocycles. The van der Waals surface area contributed by atoms with Gasteiger partial charge in [-0.2, -0.15) is 0 Å². The maximum atomic E-state index is 12.6. The molecular weight excluding hydrogens is 408 g/mol. The monoisotopic (exact) mass is 430 g/mol. The van der Waals surface area contributed by atoms with E-state index in [1.807, 2.05) is 50.2 Å². The van der Waals surface area contributed by atoms with Gasteiger partial charge < -0.3 is 10.1 Å². The van der Waals surface area contributed by atoms with Crippen LogP contribution in [0.25, 0.3) is 10.8 Å². The van der Waals surface area contributed by atoms with E-state index in [0.717, 1.165) is 10.8 Å². The topological polar surface area (TPSA) is 92.8 Å². The number of esters is 1. The minimum atomic E-state index is -0.747. The highest BCUT2D eigenvalue weighted by Crippen LogP contribution is 2.25. The van der Waals surface area contributed by atoms with Crippen molar-refractivity contribution in [2.75, 3.05) is 18.5 Å². The molecule has 3 aromatic carbocycles. The summed E-state index contributed by atoms with van der Waals surface area (Å²) in [6.07, 6.45) is 0. The summed E-state index contributed by atoms with van der Waals surface area (Å²) in [5.41, 5.74) is 1.16. The van der Waals surface area contributed by atoms with E-state index in [9.17, 15) is 19.2 Å². The summed E-state index contributed by atoms with van der Waals surface area (Å²) < 4.78 is 5.13. The zero-order valence-corrected chi connectivity index (χ0v) is 17.8. The van der Waals surface area contributed by atoms with Gasteiger partial charge in [0, 0.05) is 17.6 Å². The first-order chi connectivity index (χ1) is 15.3. The Kier molecular flexibility index (Phi) is 5.73. The van der Waals surface area contributed by atoms with Crippen LogP contribution in [0.3, 0.4) is 0 Å². The zero-order valence-electron chi connectivity index (χ0n) is 17.8. The van der Waals surface area contributed by atoms with Crippen LogP contribution >= 0.6 is 0 Å². The van der Waals surface area contributed by atoms with E-state index in [4.69, 9.17) is 4.74 Å². The molecule has 0 unspecified atom stereocenters. The van der Waals surface area contributed by atoms with Crippen molar-refractivity contribution in [1.82, 2.24) is 4.90 Å². The number of carbonyl (C=O) groups is 4. The molecule has 0 aromatic heterocycles. The first kappa shape index (κ1) is 21.2. The van der Waals surface area contributed by atoms with Gasteiger partial charge in [0.15, 0.2) is 6.61 Å². The van der Waals surface area contributed by atoms with Gasteiger partial charge >= 0.3 is 5.97 Å². The molecule has 1 heterocycles. The van der Waals surface area contributed by atoms with Crippen LogP contribution in [0.2, 0.25) is 0 Å². The molecule has 0 fully saturated rings. The number of imide groups is 1. The highest BCUT2D eigenvalue weighted by atomic mass is 16.5. The lowest BCUT2D eigenvalue weighted by Gasteiger charge is -2.15. The van der Waals surface area contributed by atoms with Crippen molar-refractivity contribution in [3.8, 4) is 0 Å². The SMILES string of the molecule is CC(C)CN1C(=O)c2ccc(C(=O)OCC(=O)Nc3cccc4ccccc34)cc2C1=O. The number of hydrogen-bond acceptors (Lipinski definition) is 5. The van der Waals surface area contributed by atoms with E-state index in [0.29, 0.717) is 12.2 Å². The molecule has 1 N–H and O–H groups in total. The first-order valence-electron chi connectivity index (χ1n) is 10.3. The predicted molar refractivity (Wildman–Crippen MR) is 120 cm³/mol. The van der Waals surface area contributed by atoms with Gasteiger partial charge in [0.25, 0.3) is 17.7 Å². The van der Waals surface area contributed by atoms with E-state index in [1.165, 1.54) is 23.1 Å². The van der Waals surface area contributed by atoms with E-state index >= 15 is 0 Å². The summed E-state index contributed by atoms with van der Waals surface area (Å²) in [7, 11) is 0. The van der Waals surface area contributed by atoms with E-state index in [2.05, 4.69) is 5.32 Å². The number of hydrogen-bond donors (Lipinski definition) is 1. The lowest BCUT2D eigenvalue weighted by molar-refractivity contribution is -0.119. The fourth-order valence-electron chi connectivity index (χ4n) is 3.68. The van der Waals surface area contributed by atoms with Gasteiger partial charge in [-0.25, -0.2) is 4.79 Å². The molecule has 7 nitrogen and oxygen atoms in total. The van der Waals surface area contributed by atoms with Crippen LogP contribution in [0.4, 0.5) is 5.69 Å². The average molecular weight is 430 g/mol. The maximum absolute atomic E-state index is 12.6. The second kappa shape index (κ2) is 8.63. The Morgan fingerprint density at radius 1 is 0.938 bits per heavy atom. The Balaban J connectivity index is 1.42. The molecule has 0 radical (unpaired) electrons. The number of amides is 3. The number of benzene rings is 3. The number of nitrogens with zero attached hydrogens (tertiary/aromatic N) is 1. The van der Waals surface area contributed by atoms with Crippen molar-refractivity contribution in [2.24, 2.45) is 5.92 Å². The van der Waals surface area contributed by atoms with Crippen LogP contribution < -0.4 is 5.32 Å². The molecule has 0 spiro atoms. The van der Waals surface area contributed by atoms with Crippen molar-refractivity contribution in [3.05, 3.63) is 77.4 Å². The molecule has 162 valence electrons. The van der Waals surface area contributed by atoms with Crippen LogP contribution in [-0.4, -0.2) is 41.7 Å². The fraction of sp³-hybridized carbons (Fsp3) is 0.200. The van der Waals surface area contributed by atoms with Gasteiger partial charge in [-0.05, 0) is 35.6 Å². The summed E-state index contributed by atoms with van der Waals surface area (Å²) >= 11 is 0. The van der Waals surface area contributed by atoms with Crippen LogP contribution in [-0.2, 0) is 9.53 Å². The van der Waals surface area contributed by atoms with Gasteiger partial charge in [-0.1, -0.05) is 50.2 Å². The number of carbonyl (C=O) groups excluding carboxylic acids is 4. The van der Waals surface area contributed by atoms with Crippen molar-refractivity contribution in [3.63, 3.8) is 0 Å². The molecule has 1 aliphatic heterocycles. The highest BCUT2D eigenvalue weighted by molar-refractivity contribution is 6.22. The quantitative estimate of drug-likeness (QED) is 0.473. The van der Waals surface area contributed by atoms with Gasteiger partial charge in [0.05, 0.1) is 16.7 Å². The number of ether oxygens (including phenoxy) is 1. The third-order valence-electron chi connectivity index (χ3n) is 5.15. The minimum absolute atomic E-state index is 0.106. The van der Waals surface area contributed by atoms with Gasteiger partial charge in [-0.15, -0.1) is 0 Å². The molecule has 1 aliphatic rings. The van der Waals surface area contributed by atoms with Crippen molar-refractivity contribution in [2.45, 2.75) is 13.8 Å². The Morgan fingerprint density at radius 3 is 2.44 bits per heavy atom. The largest absolute Gasteiger partial charge is 0.452 e. The Morgan fingerprint density at radius 2 is 1.66 bits per heavy atom. The second-order valence-electron chi connectivity index (χ2n) is 8.03. The smallest absolute Gasteiger partial charge is 0.338 e. The Labute approximate surface area is 185 Å². The Bertz CT molecular complexity index is 1240. The molecule has 0 atom stereocenters. The maximum Gasteiger partial charge on any atom is 0.338 e. The molecule has 0 saturated carbocycles. The summed E-state index contributed by atoms with van der Waals surface area (Å²) in [6.45, 7) is 3.65. The molecular formula is C25H22N2O5. The van der Waals surface area contributed by atoms with Gasteiger partial charge in [0.1, 0.15) is 0 Å². The molecule has 3 amide bonds. The van der Waals surface area contributed by atoms with Crippen LogP contribution in [0.1, 0.15) is 44.9 Å². The summed E-state index contributed by atoms with van der Waals surface area (Å²) in [5.74, 6) is -1.90. The fourth-order valence-corrected chi connectivity index (χ4v) is 3.68. The van der Waals surface area contributed by atoms with Crippen LogP contribution in [0.5, 0.6) is 0 Å². The average Bonchev–Trinajstić information content (AvgIpc) is 3.01. The van der Waals surface area contributed by atoms with Crippen molar-refractivity contribution in [1.29, 1.82) is 0 Å². The normalized spacial score (nSPS) is 12.9.